The van der Waals surface area contributed by atoms with Gasteiger partial charge in [-0.3, -0.25) is 9.59 Å². The van der Waals surface area contributed by atoms with E-state index in [0.29, 0.717) is 32.3 Å². The minimum atomic E-state index is -0.301. The normalized spacial score (nSPS) is 10.8. The molecule has 0 heterocycles. The molecule has 0 saturated heterocycles. The molecule has 10 heteroatoms. The van der Waals surface area contributed by atoms with Crippen LogP contribution in [0.25, 0.3) is 0 Å². The Kier molecular flexibility index (Phi) is 10.1. The molecule has 0 fully saturated rings. The molecule has 2 amide bonds. The number of benzene rings is 3. The van der Waals surface area contributed by atoms with Crippen molar-refractivity contribution in [3.05, 3.63) is 92.9 Å². The average molecular weight is 537 g/mol. The van der Waals surface area contributed by atoms with Crippen LogP contribution in [0.2, 0.25) is 15.1 Å². The first kappa shape index (κ1) is 25.9. The molecular weight excluding hydrogens is 517 g/mol. The maximum Gasteiger partial charge on any atom is 0.262 e. The fraction of sp³-hybridized carbons (Fsp3) is 0.125. The van der Waals surface area contributed by atoms with Crippen LogP contribution in [0, 0.1) is 0 Å². The first-order valence-corrected chi connectivity index (χ1v) is 12.3. The van der Waals surface area contributed by atoms with Crippen molar-refractivity contribution in [1.29, 1.82) is 0 Å². The maximum atomic E-state index is 12.0. The van der Waals surface area contributed by atoms with Crippen LogP contribution in [0.1, 0.15) is 11.1 Å². The van der Waals surface area contributed by atoms with Crippen LogP contribution in [-0.2, 0) is 15.3 Å². The number of nitrogens with zero attached hydrogens (tertiary/aromatic N) is 1. The number of hydrazone groups is 1. The van der Waals surface area contributed by atoms with Gasteiger partial charge < -0.3 is 10.1 Å². The van der Waals surface area contributed by atoms with E-state index < -0.39 is 0 Å². The van der Waals surface area contributed by atoms with E-state index in [1.807, 2.05) is 0 Å². The van der Waals surface area contributed by atoms with Crippen molar-refractivity contribution in [2.45, 2.75) is 5.75 Å². The molecule has 0 aliphatic rings. The van der Waals surface area contributed by atoms with Gasteiger partial charge in [0.05, 0.1) is 12.0 Å². The van der Waals surface area contributed by atoms with Gasteiger partial charge in [-0.25, -0.2) is 5.43 Å². The van der Waals surface area contributed by atoms with E-state index in [9.17, 15) is 9.59 Å². The molecule has 3 aromatic carbocycles. The van der Waals surface area contributed by atoms with Gasteiger partial charge in [0.15, 0.2) is 6.61 Å². The summed E-state index contributed by atoms with van der Waals surface area (Å²) in [4.78, 5) is 24.0. The predicted octanol–water partition coefficient (Wildman–Crippen LogP) is 6.05. The van der Waals surface area contributed by atoms with Crippen LogP contribution in [-0.4, -0.2) is 30.4 Å². The number of carbonyl (C=O) groups is 2. The zero-order chi connectivity index (χ0) is 24.3. The second-order valence-corrected chi connectivity index (χ2v) is 9.14. The summed E-state index contributed by atoms with van der Waals surface area (Å²) >= 11 is 19.5. The Labute approximate surface area is 216 Å². The molecule has 0 spiro atoms. The van der Waals surface area contributed by atoms with Gasteiger partial charge in [0, 0.05) is 26.5 Å². The van der Waals surface area contributed by atoms with Crippen molar-refractivity contribution in [2.75, 3.05) is 17.7 Å². The molecule has 0 aromatic heterocycles. The van der Waals surface area contributed by atoms with Crippen molar-refractivity contribution in [3.8, 4) is 5.75 Å². The standard InChI is InChI=1S/C24H20Cl3N3O3S/c25-17-3-1-4-18(11-17)29-23(31)13-33-19-9-7-16(8-10-19)12-28-30-24(32)15-34-14-20-21(26)5-2-6-22(20)27/h1-12H,13-15H2,(H,29,31)(H,30,32)/b28-12-. The fourth-order valence-corrected chi connectivity index (χ4v) is 4.44. The van der Waals surface area contributed by atoms with E-state index in [2.05, 4.69) is 15.8 Å². The molecule has 0 radical (unpaired) electrons. The summed E-state index contributed by atoms with van der Waals surface area (Å²) in [5.41, 5.74) is 4.63. The van der Waals surface area contributed by atoms with Gasteiger partial charge in [-0.1, -0.05) is 46.9 Å². The number of nitrogens with one attached hydrogen (secondary N) is 2. The largest absolute Gasteiger partial charge is 0.484 e. The van der Waals surface area contributed by atoms with Gasteiger partial charge in [-0.2, -0.15) is 5.10 Å². The monoisotopic (exact) mass is 535 g/mol. The lowest BCUT2D eigenvalue weighted by atomic mass is 10.2. The molecule has 6 nitrogen and oxygen atoms in total. The number of halogens is 3. The van der Waals surface area contributed by atoms with Crippen molar-refractivity contribution in [2.24, 2.45) is 5.10 Å². The summed E-state index contributed by atoms with van der Waals surface area (Å²) in [6, 6.07) is 19.1. The van der Waals surface area contributed by atoms with E-state index in [1.54, 1.807) is 66.7 Å². The highest BCUT2D eigenvalue weighted by Gasteiger charge is 2.07. The summed E-state index contributed by atoms with van der Waals surface area (Å²) < 4.78 is 5.48. The Balaban J connectivity index is 1.37. The highest BCUT2D eigenvalue weighted by atomic mass is 35.5. The quantitative estimate of drug-likeness (QED) is 0.244. The van der Waals surface area contributed by atoms with E-state index >= 15 is 0 Å². The zero-order valence-corrected chi connectivity index (χ0v) is 20.8. The van der Waals surface area contributed by atoms with E-state index in [-0.39, 0.29) is 24.2 Å². The maximum absolute atomic E-state index is 12.0. The Bertz CT molecular complexity index is 1150. The molecule has 0 unspecified atom stereocenters. The molecule has 0 aliphatic heterocycles. The highest BCUT2D eigenvalue weighted by Crippen LogP contribution is 2.28. The summed E-state index contributed by atoms with van der Waals surface area (Å²) in [7, 11) is 0. The van der Waals surface area contributed by atoms with Crippen LogP contribution in [0.15, 0.2) is 71.8 Å². The van der Waals surface area contributed by atoms with Crippen LogP contribution >= 0.6 is 46.6 Å². The molecular formula is C24H20Cl3N3O3S. The van der Waals surface area contributed by atoms with Gasteiger partial charge >= 0.3 is 0 Å². The molecule has 176 valence electrons. The van der Waals surface area contributed by atoms with Crippen LogP contribution in [0.3, 0.4) is 0 Å². The third kappa shape index (κ3) is 8.57. The lowest BCUT2D eigenvalue weighted by molar-refractivity contribution is -0.119. The Hall–Kier alpha value is -2.71. The summed E-state index contributed by atoms with van der Waals surface area (Å²) in [6.45, 7) is -0.146. The molecule has 0 atom stereocenters. The molecule has 34 heavy (non-hydrogen) atoms. The van der Waals surface area contributed by atoms with Crippen molar-refractivity contribution >= 4 is 70.3 Å². The zero-order valence-electron chi connectivity index (χ0n) is 17.8. The Morgan fingerprint density at radius 1 is 0.941 bits per heavy atom. The summed E-state index contributed by atoms with van der Waals surface area (Å²) in [5, 5.41) is 8.35. The highest BCUT2D eigenvalue weighted by molar-refractivity contribution is 7.99. The summed E-state index contributed by atoms with van der Waals surface area (Å²) in [6.07, 6.45) is 1.52. The van der Waals surface area contributed by atoms with Gasteiger partial charge in [0.1, 0.15) is 5.75 Å². The summed E-state index contributed by atoms with van der Waals surface area (Å²) in [5.74, 6) is 0.717. The van der Waals surface area contributed by atoms with E-state index in [0.717, 1.165) is 11.1 Å². The number of hydrogen-bond acceptors (Lipinski definition) is 5. The Morgan fingerprint density at radius 3 is 2.35 bits per heavy atom. The smallest absolute Gasteiger partial charge is 0.262 e. The first-order valence-electron chi connectivity index (χ1n) is 10.0. The molecule has 3 rings (SSSR count). The number of ether oxygens (including phenoxy) is 1. The average Bonchev–Trinajstić information content (AvgIpc) is 2.80. The van der Waals surface area contributed by atoms with Crippen molar-refractivity contribution in [3.63, 3.8) is 0 Å². The van der Waals surface area contributed by atoms with Crippen molar-refractivity contribution in [1.82, 2.24) is 5.43 Å². The number of rotatable bonds is 10. The third-order valence-electron chi connectivity index (χ3n) is 4.30. The van der Waals surface area contributed by atoms with Crippen LogP contribution in [0.4, 0.5) is 5.69 Å². The SMILES string of the molecule is O=C(CSCc1c(Cl)cccc1Cl)N/N=C\c1ccc(OCC(=O)Nc2cccc(Cl)c2)cc1. The fourth-order valence-electron chi connectivity index (χ4n) is 2.69. The van der Waals surface area contributed by atoms with Gasteiger partial charge in [0.2, 0.25) is 5.91 Å². The number of anilines is 1. The van der Waals surface area contributed by atoms with E-state index in [1.165, 1.54) is 18.0 Å². The van der Waals surface area contributed by atoms with E-state index in [4.69, 9.17) is 39.5 Å². The molecule has 3 aromatic rings. The number of carbonyl (C=O) groups excluding carboxylic acids is 2. The molecule has 0 saturated carbocycles. The molecule has 2 N–H and O–H groups in total. The third-order valence-corrected chi connectivity index (χ3v) is 6.20. The molecule has 0 bridgehead atoms. The predicted molar refractivity (Wildman–Crippen MR) is 140 cm³/mol. The van der Waals surface area contributed by atoms with Crippen LogP contribution < -0.4 is 15.5 Å². The Morgan fingerprint density at radius 2 is 1.65 bits per heavy atom. The molecule has 0 aliphatic carbocycles. The second-order valence-electron chi connectivity index (χ2n) is 6.90. The second kappa shape index (κ2) is 13.2. The lowest BCUT2D eigenvalue weighted by Gasteiger charge is -2.08. The minimum Gasteiger partial charge on any atom is -0.484 e. The number of hydrogen-bond donors (Lipinski definition) is 2. The topological polar surface area (TPSA) is 79.8 Å². The minimum absolute atomic E-state index is 0.146. The lowest BCUT2D eigenvalue weighted by Crippen LogP contribution is -2.20. The van der Waals surface area contributed by atoms with Crippen molar-refractivity contribution < 1.29 is 14.3 Å². The van der Waals surface area contributed by atoms with Gasteiger partial charge in [0.25, 0.3) is 5.91 Å². The van der Waals surface area contributed by atoms with Crippen LogP contribution in [0.5, 0.6) is 5.75 Å². The number of amides is 2. The first-order chi connectivity index (χ1) is 16.4. The van der Waals surface area contributed by atoms with Gasteiger partial charge in [-0.15, -0.1) is 11.8 Å². The van der Waals surface area contributed by atoms with Gasteiger partial charge in [-0.05, 0) is 65.7 Å². The number of thioether (sulfide) groups is 1.